The Kier molecular flexibility index (Phi) is 6.06. The van der Waals surface area contributed by atoms with Gasteiger partial charge in [-0.1, -0.05) is 68.1 Å². The van der Waals surface area contributed by atoms with Gasteiger partial charge < -0.3 is 4.57 Å². The maximum atomic E-state index is 14.3. The van der Waals surface area contributed by atoms with Crippen LogP contribution in [0.25, 0.3) is 11.4 Å². The first-order chi connectivity index (χ1) is 13.0. The second-order valence-corrected chi connectivity index (χ2v) is 8.09. The molecule has 0 aliphatic carbocycles. The van der Waals surface area contributed by atoms with E-state index in [0.717, 1.165) is 0 Å². The van der Waals surface area contributed by atoms with E-state index in [1.807, 2.05) is 41.8 Å². The van der Waals surface area contributed by atoms with Crippen LogP contribution in [-0.2, 0) is 6.54 Å². The lowest BCUT2D eigenvalue weighted by molar-refractivity contribution is 0.0994. The molecule has 4 nitrogen and oxygen atoms in total. The molecule has 0 radical (unpaired) electrons. The zero-order chi connectivity index (χ0) is 19.4. The predicted molar refractivity (Wildman–Crippen MR) is 106 cm³/mol. The third-order valence-electron chi connectivity index (χ3n) is 4.09. The van der Waals surface area contributed by atoms with Crippen molar-refractivity contribution in [2.45, 2.75) is 37.7 Å². The van der Waals surface area contributed by atoms with Crippen molar-refractivity contribution in [3.8, 4) is 11.4 Å². The number of rotatable bonds is 7. The van der Waals surface area contributed by atoms with Crippen molar-refractivity contribution in [1.29, 1.82) is 0 Å². The maximum absolute atomic E-state index is 14.3. The van der Waals surface area contributed by atoms with Crippen molar-refractivity contribution in [1.82, 2.24) is 14.8 Å². The van der Waals surface area contributed by atoms with E-state index in [1.165, 1.54) is 17.8 Å². The fourth-order valence-corrected chi connectivity index (χ4v) is 3.73. The van der Waals surface area contributed by atoms with Crippen LogP contribution in [0.15, 0.2) is 59.8 Å². The molecule has 0 fully saturated rings. The Balaban J connectivity index is 1.91. The molecule has 0 amide bonds. The molecule has 1 aromatic heterocycles. The number of ketones is 1. The monoisotopic (exact) mass is 383 g/mol. The molecular weight excluding hydrogens is 361 g/mol. The van der Waals surface area contributed by atoms with Gasteiger partial charge in [-0.05, 0) is 25.0 Å². The van der Waals surface area contributed by atoms with E-state index in [0.29, 0.717) is 34.6 Å². The highest BCUT2D eigenvalue weighted by Gasteiger charge is 2.23. The Morgan fingerprint density at radius 1 is 1.04 bits per heavy atom. The van der Waals surface area contributed by atoms with E-state index < -0.39 is 0 Å². The SMILES string of the molecule is CC(C)Cn1c(SC(C)C(=O)c2ccccc2)nnc1-c1ccccc1F. The summed E-state index contributed by atoms with van der Waals surface area (Å²) in [5.74, 6) is 0.515. The number of aromatic nitrogens is 3. The molecule has 27 heavy (non-hydrogen) atoms. The fourth-order valence-electron chi connectivity index (χ4n) is 2.80. The number of hydrogen-bond donors (Lipinski definition) is 0. The van der Waals surface area contributed by atoms with Gasteiger partial charge in [0.2, 0.25) is 0 Å². The third kappa shape index (κ3) is 4.45. The van der Waals surface area contributed by atoms with Crippen LogP contribution in [0.2, 0.25) is 0 Å². The summed E-state index contributed by atoms with van der Waals surface area (Å²) in [6, 6.07) is 15.7. The van der Waals surface area contributed by atoms with Gasteiger partial charge in [0.15, 0.2) is 16.8 Å². The highest BCUT2D eigenvalue weighted by atomic mass is 32.2. The number of halogens is 1. The topological polar surface area (TPSA) is 47.8 Å². The molecule has 0 bridgehead atoms. The number of carbonyl (C=O) groups excluding carboxylic acids is 1. The summed E-state index contributed by atoms with van der Waals surface area (Å²) >= 11 is 1.35. The summed E-state index contributed by atoms with van der Waals surface area (Å²) in [6.45, 7) is 6.67. The van der Waals surface area contributed by atoms with Gasteiger partial charge in [-0.2, -0.15) is 0 Å². The minimum absolute atomic E-state index is 0.0344. The maximum Gasteiger partial charge on any atom is 0.192 e. The van der Waals surface area contributed by atoms with E-state index in [4.69, 9.17) is 0 Å². The van der Waals surface area contributed by atoms with Gasteiger partial charge in [-0.15, -0.1) is 10.2 Å². The van der Waals surface area contributed by atoms with Crippen LogP contribution in [0, 0.1) is 11.7 Å². The molecule has 0 aliphatic rings. The van der Waals surface area contributed by atoms with Gasteiger partial charge in [0.1, 0.15) is 5.82 Å². The molecule has 1 unspecified atom stereocenters. The largest absolute Gasteiger partial charge is 0.302 e. The van der Waals surface area contributed by atoms with Crippen LogP contribution in [0.1, 0.15) is 31.1 Å². The normalized spacial score (nSPS) is 12.3. The summed E-state index contributed by atoms with van der Waals surface area (Å²) in [4.78, 5) is 12.7. The lowest BCUT2D eigenvalue weighted by Gasteiger charge is -2.15. The van der Waals surface area contributed by atoms with E-state index in [2.05, 4.69) is 24.0 Å². The fraction of sp³-hybridized carbons (Fsp3) is 0.286. The van der Waals surface area contributed by atoms with Gasteiger partial charge >= 0.3 is 0 Å². The van der Waals surface area contributed by atoms with E-state index in [1.54, 1.807) is 18.2 Å². The smallest absolute Gasteiger partial charge is 0.192 e. The van der Waals surface area contributed by atoms with Crippen molar-refractivity contribution >= 4 is 17.5 Å². The van der Waals surface area contributed by atoms with Gasteiger partial charge in [0, 0.05) is 12.1 Å². The third-order valence-corrected chi connectivity index (χ3v) is 5.17. The van der Waals surface area contributed by atoms with Crippen LogP contribution in [0.4, 0.5) is 4.39 Å². The van der Waals surface area contributed by atoms with Gasteiger partial charge in [-0.3, -0.25) is 4.79 Å². The van der Waals surface area contributed by atoms with Gasteiger partial charge in [-0.25, -0.2) is 4.39 Å². The van der Waals surface area contributed by atoms with Crippen molar-refractivity contribution in [2.24, 2.45) is 5.92 Å². The minimum atomic E-state index is -0.333. The number of carbonyl (C=O) groups is 1. The number of benzene rings is 2. The van der Waals surface area contributed by atoms with Crippen LogP contribution < -0.4 is 0 Å². The van der Waals surface area contributed by atoms with Crippen LogP contribution in [0.5, 0.6) is 0 Å². The van der Waals surface area contributed by atoms with E-state index in [9.17, 15) is 9.18 Å². The molecule has 0 aliphatic heterocycles. The zero-order valence-corrected chi connectivity index (χ0v) is 16.4. The van der Waals surface area contributed by atoms with Crippen LogP contribution in [0.3, 0.4) is 0 Å². The first kappa shape index (κ1) is 19.3. The lowest BCUT2D eigenvalue weighted by atomic mass is 10.1. The van der Waals surface area contributed by atoms with Crippen LogP contribution >= 0.6 is 11.8 Å². The van der Waals surface area contributed by atoms with E-state index in [-0.39, 0.29) is 16.9 Å². The Labute approximate surface area is 162 Å². The molecule has 2 aromatic carbocycles. The highest BCUT2D eigenvalue weighted by Crippen LogP contribution is 2.30. The molecule has 0 saturated carbocycles. The van der Waals surface area contributed by atoms with Crippen LogP contribution in [-0.4, -0.2) is 25.8 Å². The second-order valence-electron chi connectivity index (χ2n) is 6.78. The molecular formula is C21H22FN3OS. The number of nitrogens with zero attached hydrogens (tertiary/aromatic N) is 3. The lowest BCUT2D eigenvalue weighted by Crippen LogP contribution is -2.15. The average molecular weight is 383 g/mol. The minimum Gasteiger partial charge on any atom is -0.302 e. The molecule has 140 valence electrons. The number of hydrogen-bond acceptors (Lipinski definition) is 4. The van der Waals surface area contributed by atoms with Gasteiger partial charge in [0.05, 0.1) is 10.8 Å². The van der Waals surface area contributed by atoms with Crippen molar-refractivity contribution in [2.75, 3.05) is 0 Å². The molecule has 3 aromatic rings. The summed E-state index contributed by atoms with van der Waals surface area (Å²) in [6.07, 6.45) is 0. The highest BCUT2D eigenvalue weighted by molar-refractivity contribution is 8.00. The molecule has 0 saturated heterocycles. The summed E-state index contributed by atoms with van der Waals surface area (Å²) in [5.41, 5.74) is 1.08. The standard InChI is InChI=1S/C21H22FN3OS/c1-14(2)13-25-20(17-11-7-8-12-18(17)22)23-24-21(25)27-15(3)19(26)16-9-5-4-6-10-16/h4-12,14-15H,13H2,1-3H3. The molecule has 0 N–H and O–H groups in total. The zero-order valence-electron chi connectivity index (χ0n) is 15.6. The second kappa shape index (κ2) is 8.48. The molecule has 1 atom stereocenters. The predicted octanol–water partition coefficient (Wildman–Crippen LogP) is 5.10. The van der Waals surface area contributed by atoms with Crippen molar-refractivity contribution < 1.29 is 9.18 Å². The van der Waals surface area contributed by atoms with E-state index >= 15 is 0 Å². The molecule has 0 spiro atoms. The average Bonchev–Trinajstić information content (AvgIpc) is 3.03. The Bertz CT molecular complexity index is 924. The number of thioether (sulfide) groups is 1. The Morgan fingerprint density at radius 2 is 1.70 bits per heavy atom. The molecule has 1 heterocycles. The molecule has 3 rings (SSSR count). The van der Waals surface area contributed by atoms with Crippen molar-refractivity contribution in [3.05, 3.63) is 66.0 Å². The first-order valence-corrected chi connectivity index (χ1v) is 9.79. The molecule has 6 heteroatoms. The Morgan fingerprint density at radius 3 is 2.37 bits per heavy atom. The summed E-state index contributed by atoms with van der Waals surface area (Å²) < 4.78 is 16.2. The Hall–Kier alpha value is -2.47. The first-order valence-electron chi connectivity index (χ1n) is 8.91. The summed E-state index contributed by atoms with van der Waals surface area (Å²) in [5, 5.41) is 8.79. The quantitative estimate of drug-likeness (QED) is 0.420. The number of Topliss-reactive ketones (excluding diaryl/α,β-unsaturated/α-hetero) is 1. The van der Waals surface area contributed by atoms with Crippen molar-refractivity contribution in [3.63, 3.8) is 0 Å². The van der Waals surface area contributed by atoms with Gasteiger partial charge in [0.25, 0.3) is 0 Å². The summed E-state index contributed by atoms with van der Waals surface area (Å²) in [7, 11) is 0.